The smallest absolute Gasteiger partial charge is 0.151 e. The third kappa shape index (κ3) is 5.34. The van der Waals surface area contributed by atoms with Crippen LogP contribution < -0.4 is 5.32 Å². The van der Waals surface area contributed by atoms with E-state index < -0.39 is 9.84 Å². The Morgan fingerprint density at radius 1 is 1.24 bits per heavy atom. The van der Waals surface area contributed by atoms with Crippen LogP contribution in [0.3, 0.4) is 0 Å². The minimum atomic E-state index is -2.98. The summed E-state index contributed by atoms with van der Waals surface area (Å²) >= 11 is 0. The molecule has 0 unspecified atom stereocenters. The van der Waals surface area contributed by atoms with E-state index in [1.807, 2.05) is 25.1 Å². The van der Waals surface area contributed by atoms with E-state index >= 15 is 0 Å². The standard InChI is InChI=1S/C17H27NO2S/c1-14-16(13-21(2,19)20)10-5-11-17(14)18-12-6-9-15-7-3-4-8-15/h5,10-11,15,18H,3-4,6-9,12-13H2,1-2H3. The highest BCUT2D eigenvalue weighted by Gasteiger charge is 2.14. The Balaban J connectivity index is 1.86. The van der Waals surface area contributed by atoms with Crippen LogP contribution in [0, 0.1) is 12.8 Å². The number of nitrogens with one attached hydrogen (secondary N) is 1. The Labute approximate surface area is 129 Å². The highest BCUT2D eigenvalue weighted by atomic mass is 32.2. The third-order valence-corrected chi connectivity index (χ3v) is 5.28. The number of rotatable bonds is 7. The van der Waals surface area contributed by atoms with E-state index in [-0.39, 0.29) is 5.75 Å². The van der Waals surface area contributed by atoms with Crippen molar-refractivity contribution in [1.82, 2.24) is 0 Å². The molecule has 0 spiro atoms. The molecule has 1 saturated carbocycles. The molecule has 0 heterocycles. The van der Waals surface area contributed by atoms with Crippen molar-refractivity contribution >= 4 is 15.5 Å². The second-order valence-corrected chi connectivity index (χ2v) is 8.52. The van der Waals surface area contributed by atoms with Crippen LogP contribution in [0.4, 0.5) is 5.69 Å². The fraction of sp³-hybridized carbons (Fsp3) is 0.647. The molecule has 118 valence electrons. The molecular weight excluding hydrogens is 282 g/mol. The zero-order valence-corrected chi connectivity index (χ0v) is 14.0. The molecule has 0 aliphatic heterocycles. The highest BCUT2D eigenvalue weighted by molar-refractivity contribution is 7.89. The van der Waals surface area contributed by atoms with Crippen molar-refractivity contribution in [3.8, 4) is 0 Å². The minimum Gasteiger partial charge on any atom is -0.385 e. The summed E-state index contributed by atoms with van der Waals surface area (Å²) in [6.07, 6.45) is 9.42. The van der Waals surface area contributed by atoms with Crippen LogP contribution in [0.2, 0.25) is 0 Å². The molecule has 1 aliphatic rings. The van der Waals surface area contributed by atoms with Crippen LogP contribution in [0.5, 0.6) is 0 Å². The molecule has 0 amide bonds. The predicted molar refractivity (Wildman–Crippen MR) is 89.4 cm³/mol. The van der Waals surface area contributed by atoms with Gasteiger partial charge in [0.05, 0.1) is 5.75 Å². The number of sulfone groups is 1. The van der Waals surface area contributed by atoms with Crippen LogP contribution in [-0.2, 0) is 15.6 Å². The van der Waals surface area contributed by atoms with Crippen LogP contribution >= 0.6 is 0 Å². The van der Waals surface area contributed by atoms with Crippen molar-refractivity contribution in [2.24, 2.45) is 5.92 Å². The zero-order chi connectivity index (χ0) is 15.3. The normalized spacial score (nSPS) is 16.3. The molecule has 0 aromatic heterocycles. The van der Waals surface area contributed by atoms with E-state index in [4.69, 9.17) is 0 Å². The first-order valence-electron chi connectivity index (χ1n) is 7.96. The average molecular weight is 309 g/mol. The van der Waals surface area contributed by atoms with Gasteiger partial charge in [-0.15, -0.1) is 0 Å². The Kier molecular flexibility index (Phi) is 5.68. The van der Waals surface area contributed by atoms with E-state index in [2.05, 4.69) is 5.32 Å². The summed E-state index contributed by atoms with van der Waals surface area (Å²) < 4.78 is 22.9. The van der Waals surface area contributed by atoms with Crippen molar-refractivity contribution in [3.63, 3.8) is 0 Å². The third-order valence-electron chi connectivity index (χ3n) is 4.44. The van der Waals surface area contributed by atoms with Gasteiger partial charge in [-0.05, 0) is 42.9 Å². The van der Waals surface area contributed by atoms with Gasteiger partial charge in [0, 0.05) is 18.5 Å². The van der Waals surface area contributed by atoms with Crippen molar-refractivity contribution in [3.05, 3.63) is 29.3 Å². The minimum absolute atomic E-state index is 0.121. The Morgan fingerprint density at radius 2 is 1.95 bits per heavy atom. The van der Waals surface area contributed by atoms with E-state index in [9.17, 15) is 8.42 Å². The second-order valence-electron chi connectivity index (χ2n) is 6.38. The first kappa shape index (κ1) is 16.3. The van der Waals surface area contributed by atoms with Gasteiger partial charge in [-0.25, -0.2) is 8.42 Å². The molecule has 3 nitrogen and oxygen atoms in total. The fourth-order valence-corrected chi connectivity index (χ4v) is 4.10. The van der Waals surface area contributed by atoms with Gasteiger partial charge in [-0.1, -0.05) is 37.8 Å². The molecule has 0 radical (unpaired) electrons. The summed E-state index contributed by atoms with van der Waals surface area (Å²) in [6.45, 7) is 2.97. The lowest BCUT2D eigenvalue weighted by atomic mass is 10.0. The van der Waals surface area contributed by atoms with Gasteiger partial charge in [0.2, 0.25) is 0 Å². The number of anilines is 1. The van der Waals surface area contributed by atoms with Crippen LogP contribution in [-0.4, -0.2) is 21.2 Å². The summed E-state index contributed by atoms with van der Waals surface area (Å²) in [5, 5.41) is 3.47. The first-order valence-corrected chi connectivity index (χ1v) is 10.0. The summed E-state index contributed by atoms with van der Waals surface area (Å²) in [6, 6.07) is 5.88. The van der Waals surface area contributed by atoms with Gasteiger partial charge in [0.25, 0.3) is 0 Å². The van der Waals surface area contributed by atoms with Crippen LogP contribution in [0.25, 0.3) is 0 Å². The topological polar surface area (TPSA) is 46.2 Å². The van der Waals surface area contributed by atoms with Crippen molar-refractivity contribution < 1.29 is 8.42 Å². The Morgan fingerprint density at radius 3 is 2.62 bits per heavy atom. The molecular formula is C17H27NO2S. The second kappa shape index (κ2) is 7.30. The van der Waals surface area contributed by atoms with Crippen LogP contribution in [0.1, 0.15) is 49.7 Å². The molecule has 2 rings (SSSR count). The van der Waals surface area contributed by atoms with Gasteiger partial charge in [0.15, 0.2) is 9.84 Å². The largest absolute Gasteiger partial charge is 0.385 e. The molecule has 0 bridgehead atoms. The maximum absolute atomic E-state index is 11.5. The lowest BCUT2D eigenvalue weighted by Crippen LogP contribution is -2.08. The van der Waals surface area contributed by atoms with Crippen LogP contribution in [0.15, 0.2) is 18.2 Å². The zero-order valence-electron chi connectivity index (χ0n) is 13.2. The van der Waals surface area contributed by atoms with Crippen molar-refractivity contribution in [2.45, 2.75) is 51.2 Å². The number of hydrogen-bond acceptors (Lipinski definition) is 3. The van der Waals surface area contributed by atoms with Gasteiger partial charge < -0.3 is 5.32 Å². The molecule has 4 heteroatoms. The Bertz CT molecular complexity index is 560. The van der Waals surface area contributed by atoms with E-state index in [0.29, 0.717) is 0 Å². The summed E-state index contributed by atoms with van der Waals surface area (Å²) in [5.74, 6) is 1.06. The molecule has 1 aromatic carbocycles. The SMILES string of the molecule is Cc1c(CS(C)(=O)=O)cccc1NCCCC1CCCC1. The van der Waals surface area contributed by atoms with Gasteiger partial charge in [-0.2, -0.15) is 0 Å². The lowest BCUT2D eigenvalue weighted by molar-refractivity contribution is 0.491. The summed E-state index contributed by atoms with van der Waals surface area (Å²) in [4.78, 5) is 0. The fourth-order valence-electron chi connectivity index (χ4n) is 3.23. The lowest BCUT2D eigenvalue weighted by Gasteiger charge is -2.14. The number of hydrogen-bond donors (Lipinski definition) is 1. The number of benzene rings is 1. The molecule has 21 heavy (non-hydrogen) atoms. The van der Waals surface area contributed by atoms with E-state index in [0.717, 1.165) is 29.3 Å². The Hall–Kier alpha value is -1.03. The van der Waals surface area contributed by atoms with Gasteiger partial charge >= 0.3 is 0 Å². The monoisotopic (exact) mass is 309 g/mol. The maximum Gasteiger partial charge on any atom is 0.151 e. The van der Waals surface area contributed by atoms with Gasteiger partial charge in [0.1, 0.15) is 0 Å². The molecule has 1 N–H and O–H groups in total. The van der Waals surface area contributed by atoms with E-state index in [1.54, 1.807) is 0 Å². The van der Waals surface area contributed by atoms with E-state index in [1.165, 1.54) is 44.8 Å². The molecule has 1 aromatic rings. The van der Waals surface area contributed by atoms with Gasteiger partial charge in [-0.3, -0.25) is 0 Å². The highest BCUT2D eigenvalue weighted by Crippen LogP contribution is 2.28. The van der Waals surface area contributed by atoms with Crippen molar-refractivity contribution in [2.75, 3.05) is 18.1 Å². The molecule has 0 atom stereocenters. The quantitative estimate of drug-likeness (QED) is 0.776. The average Bonchev–Trinajstić information content (AvgIpc) is 2.90. The summed E-state index contributed by atoms with van der Waals surface area (Å²) in [5.41, 5.74) is 3.03. The maximum atomic E-state index is 11.5. The molecule has 0 saturated heterocycles. The predicted octanol–water partition coefficient (Wildman–Crippen LogP) is 3.92. The van der Waals surface area contributed by atoms with Crippen molar-refractivity contribution in [1.29, 1.82) is 0 Å². The molecule has 1 fully saturated rings. The first-order chi connectivity index (χ1) is 9.96. The molecule has 1 aliphatic carbocycles. The summed E-state index contributed by atoms with van der Waals surface area (Å²) in [7, 11) is -2.98.